The minimum absolute atomic E-state index is 0.416. The molecule has 2 nitrogen and oxygen atoms in total. The Labute approximate surface area is 126 Å². The number of benzene rings is 2. The van der Waals surface area contributed by atoms with Crippen molar-refractivity contribution in [1.82, 2.24) is 0 Å². The summed E-state index contributed by atoms with van der Waals surface area (Å²) in [6, 6.07) is 12.5. The van der Waals surface area contributed by atoms with Gasteiger partial charge in [0.2, 0.25) is 0 Å². The molecular formula is C19H22O2. The van der Waals surface area contributed by atoms with Crippen LogP contribution in [-0.2, 0) is 37.2 Å². The van der Waals surface area contributed by atoms with E-state index in [0.717, 1.165) is 44.5 Å². The van der Waals surface area contributed by atoms with E-state index in [4.69, 9.17) is 4.74 Å². The minimum Gasteiger partial charge on any atom is -0.508 e. The average Bonchev–Trinajstić information content (AvgIpc) is 2.98. The molecule has 1 aliphatic rings. The Morgan fingerprint density at radius 2 is 1.95 bits per heavy atom. The SMILES string of the molecule is CCc1cc(CCCc2cccc3c2COC3)ccc1O. The highest BCUT2D eigenvalue weighted by Crippen LogP contribution is 2.25. The molecule has 110 valence electrons. The summed E-state index contributed by atoms with van der Waals surface area (Å²) in [5.74, 6) is 0.416. The number of fused-ring (bicyclic) bond motifs is 1. The molecule has 3 rings (SSSR count). The third-order valence-corrected chi connectivity index (χ3v) is 4.31. The van der Waals surface area contributed by atoms with Crippen molar-refractivity contribution in [2.45, 2.75) is 45.8 Å². The van der Waals surface area contributed by atoms with Crippen molar-refractivity contribution in [1.29, 1.82) is 0 Å². The Bertz CT molecular complexity index is 631. The van der Waals surface area contributed by atoms with Crippen molar-refractivity contribution < 1.29 is 9.84 Å². The fourth-order valence-corrected chi connectivity index (χ4v) is 3.07. The Kier molecular flexibility index (Phi) is 4.26. The lowest BCUT2D eigenvalue weighted by Gasteiger charge is -2.08. The van der Waals surface area contributed by atoms with Crippen molar-refractivity contribution in [3.05, 3.63) is 64.2 Å². The fourth-order valence-electron chi connectivity index (χ4n) is 3.07. The van der Waals surface area contributed by atoms with Crippen LogP contribution in [0.2, 0.25) is 0 Å². The van der Waals surface area contributed by atoms with Gasteiger partial charge in [-0.3, -0.25) is 0 Å². The molecule has 0 radical (unpaired) electrons. The van der Waals surface area contributed by atoms with Crippen LogP contribution < -0.4 is 0 Å². The van der Waals surface area contributed by atoms with Gasteiger partial charge in [-0.25, -0.2) is 0 Å². The lowest BCUT2D eigenvalue weighted by Crippen LogP contribution is -1.96. The Morgan fingerprint density at radius 3 is 2.81 bits per heavy atom. The van der Waals surface area contributed by atoms with Crippen LogP contribution in [0.5, 0.6) is 5.75 Å². The van der Waals surface area contributed by atoms with Crippen molar-refractivity contribution in [2.24, 2.45) is 0 Å². The van der Waals surface area contributed by atoms with Gasteiger partial charge >= 0.3 is 0 Å². The van der Waals surface area contributed by atoms with Crippen molar-refractivity contribution in [3.8, 4) is 5.75 Å². The molecule has 1 aliphatic heterocycles. The fraction of sp³-hybridized carbons (Fsp3) is 0.368. The molecule has 2 heteroatoms. The maximum Gasteiger partial charge on any atom is 0.118 e. The highest BCUT2D eigenvalue weighted by atomic mass is 16.5. The number of aryl methyl sites for hydroxylation is 3. The lowest BCUT2D eigenvalue weighted by atomic mass is 9.97. The molecule has 0 aromatic heterocycles. The number of ether oxygens (including phenoxy) is 1. The molecule has 21 heavy (non-hydrogen) atoms. The molecular weight excluding hydrogens is 260 g/mol. The topological polar surface area (TPSA) is 29.5 Å². The van der Waals surface area contributed by atoms with Crippen LogP contribution in [0.25, 0.3) is 0 Å². The van der Waals surface area contributed by atoms with Crippen LogP contribution >= 0.6 is 0 Å². The van der Waals surface area contributed by atoms with E-state index >= 15 is 0 Å². The van der Waals surface area contributed by atoms with E-state index < -0.39 is 0 Å². The van der Waals surface area contributed by atoms with Crippen molar-refractivity contribution in [2.75, 3.05) is 0 Å². The molecule has 0 aliphatic carbocycles. The largest absolute Gasteiger partial charge is 0.508 e. The molecule has 0 spiro atoms. The molecule has 2 aromatic carbocycles. The maximum absolute atomic E-state index is 9.73. The highest BCUT2D eigenvalue weighted by molar-refractivity contribution is 5.37. The van der Waals surface area contributed by atoms with Gasteiger partial charge in [0.05, 0.1) is 13.2 Å². The van der Waals surface area contributed by atoms with Crippen LogP contribution in [0.1, 0.15) is 41.2 Å². The molecule has 0 amide bonds. The van der Waals surface area contributed by atoms with E-state index in [-0.39, 0.29) is 0 Å². The van der Waals surface area contributed by atoms with Gasteiger partial charge < -0.3 is 9.84 Å². The van der Waals surface area contributed by atoms with Crippen LogP contribution in [-0.4, -0.2) is 5.11 Å². The third kappa shape index (κ3) is 3.11. The zero-order chi connectivity index (χ0) is 14.7. The number of phenolic OH excluding ortho intramolecular Hbond substituents is 1. The number of hydrogen-bond donors (Lipinski definition) is 1. The Morgan fingerprint density at radius 1 is 1.05 bits per heavy atom. The summed E-state index contributed by atoms with van der Waals surface area (Å²) < 4.78 is 5.54. The Balaban J connectivity index is 1.63. The second-order valence-electron chi connectivity index (χ2n) is 5.72. The quantitative estimate of drug-likeness (QED) is 0.892. The van der Waals surface area contributed by atoms with Gasteiger partial charge in [0.25, 0.3) is 0 Å². The predicted octanol–water partition coefficient (Wildman–Crippen LogP) is 4.16. The van der Waals surface area contributed by atoms with Gasteiger partial charge in [0, 0.05) is 0 Å². The van der Waals surface area contributed by atoms with E-state index in [9.17, 15) is 5.11 Å². The van der Waals surface area contributed by atoms with Gasteiger partial charge in [-0.05, 0) is 59.6 Å². The number of hydrogen-bond acceptors (Lipinski definition) is 2. The molecule has 0 unspecified atom stereocenters. The second-order valence-corrected chi connectivity index (χ2v) is 5.72. The highest BCUT2D eigenvalue weighted by Gasteiger charge is 2.14. The van der Waals surface area contributed by atoms with Crippen LogP contribution in [0.15, 0.2) is 36.4 Å². The van der Waals surface area contributed by atoms with Crippen molar-refractivity contribution >= 4 is 0 Å². The van der Waals surface area contributed by atoms with Gasteiger partial charge in [-0.2, -0.15) is 0 Å². The van der Waals surface area contributed by atoms with E-state index in [2.05, 4.69) is 31.2 Å². The summed E-state index contributed by atoms with van der Waals surface area (Å²) in [5.41, 5.74) is 6.54. The van der Waals surface area contributed by atoms with E-state index in [0.29, 0.717) is 5.75 Å². The molecule has 0 atom stereocenters. The van der Waals surface area contributed by atoms with Gasteiger partial charge in [0.15, 0.2) is 0 Å². The average molecular weight is 282 g/mol. The van der Waals surface area contributed by atoms with Crippen LogP contribution in [0.3, 0.4) is 0 Å². The summed E-state index contributed by atoms with van der Waals surface area (Å²) in [6.07, 6.45) is 4.15. The van der Waals surface area contributed by atoms with E-state index in [1.165, 1.54) is 22.3 Å². The van der Waals surface area contributed by atoms with E-state index in [1.54, 1.807) is 0 Å². The predicted molar refractivity (Wildman–Crippen MR) is 84.4 cm³/mol. The number of aromatic hydroxyl groups is 1. The lowest BCUT2D eigenvalue weighted by molar-refractivity contribution is 0.134. The van der Waals surface area contributed by atoms with Gasteiger partial charge in [0.1, 0.15) is 5.75 Å². The minimum atomic E-state index is 0.416. The first kappa shape index (κ1) is 14.2. The first-order chi connectivity index (χ1) is 10.3. The van der Waals surface area contributed by atoms with Crippen molar-refractivity contribution in [3.63, 3.8) is 0 Å². The normalized spacial score (nSPS) is 13.4. The molecule has 0 saturated heterocycles. The van der Waals surface area contributed by atoms with Crippen LogP contribution in [0.4, 0.5) is 0 Å². The summed E-state index contributed by atoms with van der Waals surface area (Å²) in [6.45, 7) is 3.61. The van der Waals surface area contributed by atoms with Crippen LogP contribution in [0, 0.1) is 0 Å². The third-order valence-electron chi connectivity index (χ3n) is 4.31. The second kappa shape index (κ2) is 6.31. The van der Waals surface area contributed by atoms with E-state index in [1.807, 2.05) is 12.1 Å². The number of rotatable bonds is 5. The zero-order valence-electron chi connectivity index (χ0n) is 12.6. The zero-order valence-corrected chi connectivity index (χ0v) is 12.6. The summed E-state index contributed by atoms with van der Waals surface area (Å²) in [4.78, 5) is 0. The molecule has 2 aromatic rings. The number of phenols is 1. The van der Waals surface area contributed by atoms with Gasteiger partial charge in [-0.1, -0.05) is 37.3 Å². The summed E-state index contributed by atoms with van der Waals surface area (Å²) in [5, 5.41) is 9.73. The summed E-state index contributed by atoms with van der Waals surface area (Å²) >= 11 is 0. The maximum atomic E-state index is 9.73. The summed E-state index contributed by atoms with van der Waals surface area (Å²) in [7, 11) is 0. The first-order valence-corrected chi connectivity index (χ1v) is 7.76. The van der Waals surface area contributed by atoms with Gasteiger partial charge in [-0.15, -0.1) is 0 Å². The standard InChI is InChI=1S/C19H22O2/c1-2-15-11-14(9-10-19(15)20)5-3-6-16-7-4-8-17-12-21-13-18(16)17/h4,7-11,20H,2-3,5-6,12-13H2,1H3. The molecule has 1 N–H and O–H groups in total. The first-order valence-electron chi connectivity index (χ1n) is 7.76. The molecule has 0 saturated carbocycles. The monoisotopic (exact) mass is 282 g/mol. The smallest absolute Gasteiger partial charge is 0.118 e. The molecule has 1 heterocycles. The molecule has 0 bridgehead atoms. The molecule has 0 fully saturated rings. The Hall–Kier alpha value is -1.80.